The predicted molar refractivity (Wildman–Crippen MR) is 168 cm³/mol. The van der Waals surface area contributed by atoms with E-state index in [1.54, 1.807) is 36.5 Å². The lowest BCUT2D eigenvalue weighted by Crippen LogP contribution is -2.30. The number of ether oxygens (including phenoxy) is 1. The summed E-state index contributed by atoms with van der Waals surface area (Å²) >= 11 is 5.93. The molecule has 11 heteroatoms. The van der Waals surface area contributed by atoms with Gasteiger partial charge in [0.25, 0.3) is 5.91 Å². The lowest BCUT2D eigenvalue weighted by atomic mass is 9.89. The molecule has 4 N–H and O–H groups in total. The van der Waals surface area contributed by atoms with E-state index in [-0.39, 0.29) is 35.0 Å². The Kier molecular flexibility index (Phi) is 9.18. The molecule has 3 aromatic carbocycles. The molecule has 1 aliphatic carbocycles. The highest BCUT2D eigenvalue weighted by molar-refractivity contribution is 6.31. The third kappa shape index (κ3) is 7.13. The van der Waals surface area contributed by atoms with E-state index in [4.69, 9.17) is 22.1 Å². The third-order valence-corrected chi connectivity index (χ3v) is 7.84. The number of methoxy groups -OCH3 is 1. The average molecular weight is 637 g/mol. The van der Waals surface area contributed by atoms with Crippen molar-refractivity contribution in [1.29, 1.82) is 0 Å². The second-order valence-corrected chi connectivity index (χ2v) is 11.8. The number of carbonyl (C=O) groups is 1. The molecule has 5 rings (SSSR count). The van der Waals surface area contributed by atoms with Crippen molar-refractivity contribution in [1.82, 2.24) is 10.3 Å². The molecule has 1 heterocycles. The van der Waals surface area contributed by atoms with Crippen LogP contribution in [0.25, 0.3) is 11.3 Å². The number of benzene rings is 3. The van der Waals surface area contributed by atoms with Crippen LogP contribution >= 0.6 is 11.6 Å². The number of nitrogens with zero attached hydrogens (tertiary/aromatic N) is 2. The van der Waals surface area contributed by atoms with Gasteiger partial charge < -0.3 is 20.9 Å². The lowest BCUT2D eigenvalue weighted by Gasteiger charge is -2.25. The van der Waals surface area contributed by atoms with Crippen LogP contribution in [0.4, 0.5) is 18.9 Å². The van der Waals surface area contributed by atoms with E-state index in [1.165, 1.54) is 33.1 Å². The van der Waals surface area contributed by atoms with Gasteiger partial charge in [0.2, 0.25) is 0 Å². The van der Waals surface area contributed by atoms with Crippen molar-refractivity contribution >= 4 is 29.4 Å². The van der Waals surface area contributed by atoms with Gasteiger partial charge in [0.15, 0.2) is 5.82 Å². The Balaban J connectivity index is 1.56. The maximum atomic E-state index is 15.9. The predicted octanol–water partition coefficient (Wildman–Crippen LogP) is 6.78. The van der Waals surface area contributed by atoms with E-state index in [0.717, 1.165) is 18.9 Å². The first-order valence-corrected chi connectivity index (χ1v) is 14.7. The molecule has 234 valence electrons. The fourth-order valence-electron chi connectivity index (χ4n) is 4.90. The Hall–Kier alpha value is -4.41. The maximum absolute atomic E-state index is 15.9. The highest BCUT2D eigenvalue weighted by Crippen LogP contribution is 2.36. The number of nitrogen functional groups attached to an aromatic ring is 1. The van der Waals surface area contributed by atoms with Gasteiger partial charge in [0, 0.05) is 47.0 Å². The van der Waals surface area contributed by atoms with Crippen LogP contribution in [-0.4, -0.2) is 41.9 Å². The van der Waals surface area contributed by atoms with Gasteiger partial charge in [-0.25, -0.2) is 18.2 Å². The van der Waals surface area contributed by atoms with E-state index in [2.05, 4.69) is 15.3 Å². The molecule has 0 radical (unpaired) electrons. The molecule has 1 amide bonds. The van der Waals surface area contributed by atoms with Gasteiger partial charge in [-0.1, -0.05) is 41.9 Å². The van der Waals surface area contributed by atoms with Crippen molar-refractivity contribution in [3.8, 4) is 17.0 Å². The molecule has 1 saturated carbocycles. The number of anilines is 1. The Morgan fingerprint density at radius 2 is 1.87 bits per heavy atom. The van der Waals surface area contributed by atoms with Crippen LogP contribution < -0.4 is 15.8 Å². The van der Waals surface area contributed by atoms with Crippen LogP contribution in [0.15, 0.2) is 65.7 Å². The molecule has 1 atom stereocenters. The second-order valence-electron chi connectivity index (χ2n) is 11.4. The standard InChI is InChI=1S/C34H32ClF3N4O3/c1-34(2,44)24-14-28(42-32(30(24)38)22-13-25(35)27(37)15-26(22)36)23(18-7-5-4-6-8-18)17-41-33(43)19-11-20(16-40-21-9-10-21)31(39)29(12-19)45-3/h4-8,11-16,21,23,44H,9-10,17,39H2,1-3H3,(H,41,43). The summed E-state index contributed by atoms with van der Waals surface area (Å²) < 4.78 is 50.2. The molecule has 45 heavy (non-hydrogen) atoms. The highest BCUT2D eigenvalue weighted by Gasteiger charge is 2.30. The largest absolute Gasteiger partial charge is 0.495 e. The van der Waals surface area contributed by atoms with Crippen LogP contribution in [0.1, 0.15) is 65.3 Å². The van der Waals surface area contributed by atoms with Gasteiger partial charge in [0.05, 0.1) is 35.2 Å². The second kappa shape index (κ2) is 12.9. The van der Waals surface area contributed by atoms with Crippen LogP contribution in [0.3, 0.4) is 0 Å². The van der Waals surface area contributed by atoms with Crippen molar-refractivity contribution in [2.75, 3.05) is 19.4 Å². The molecule has 0 spiro atoms. The molecular formula is C34H32ClF3N4O3. The fraction of sp³-hybridized carbons (Fsp3) is 0.265. The number of nitrogens with one attached hydrogen (secondary N) is 1. The SMILES string of the molecule is COc1cc(C(=O)NCC(c2ccccc2)c2cc(C(C)(C)O)c(F)c(-c3cc(Cl)c(F)cc3F)n2)cc(C=NC2CC2)c1N. The molecule has 4 aromatic rings. The van der Waals surface area contributed by atoms with Gasteiger partial charge in [-0.3, -0.25) is 9.79 Å². The van der Waals surface area contributed by atoms with E-state index in [0.29, 0.717) is 28.6 Å². The van der Waals surface area contributed by atoms with Gasteiger partial charge in [-0.15, -0.1) is 0 Å². The first-order valence-electron chi connectivity index (χ1n) is 14.3. The van der Waals surface area contributed by atoms with Crippen LogP contribution in [0, 0.1) is 17.5 Å². The number of carbonyl (C=O) groups excluding carboxylic acids is 1. The molecule has 0 bridgehead atoms. The van der Waals surface area contributed by atoms with E-state index < -0.39 is 45.6 Å². The molecule has 1 aliphatic rings. The quantitative estimate of drug-likeness (QED) is 0.101. The zero-order valence-corrected chi connectivity index (χ0v) is 25.6. The summed E-state index contributed by atoms with van der Waals surface area (Å²) in [7, 11) is 1.45. The number of halogens is 4. The summed E-state index contributed by atoms with van der Waals surface area (Å²) in [6.07, 6.45) is 3.65. The van der Waals surface area contributed by atoms with Crippen molar-refractivity contribution < 1.29 is 27.8 Å². The molecule has 1 unspecified atom stereocenters. The number of aliphatic imine (C=N–C) groups is 1. The van der Waals surface area contributed by atoms with Crippen molar-refractivity contribution in [3.63, 3.8) is 0 Å². The summed E-state index contributed by atoms with van der Waals surface area (Å²) in [5.41, 5.74) is 5.63. The number of rotatable bonds is 10. The topological polar surface area (TPSA) is 110 Å². The van der Waals surface area contributed by atoms with E-state index in [9.17, 15) is 18.7 Å². The Bertz CT molecular complexity index is 1770. The molecule has 0 aliphatic heterocycles. The van der Waals surface area contributed by atoms with Gasteiger partial charge in [-0.2, -0.15) is 0 Å². The van der Waals surface area contributed by atoms with Crippen LogP contribution in [0.5, 0.6) is 5.75 Å². The Morgan fingerprint density at radius 1 is 1.16 bits per heavy atom. The molecular weight excluding hydrogens is 605 g/mol. The zero-order chi connectivity index (χ0) is 32.5. The first-order chi connectivity index (χ1) is 21.4. The number of aliphatic hydroxyl groups is 1. The van der Waals surface area contributed by atoms with Crippen molar-refractivity contribution in [2.24, 2.45) is 4.99 Å². The number of nitrogens with two attached hydrogens (primary N) is 1. The third-order valence-electron chi connectivity index (χ3n) is 7.55. The summed E-state index contributed by atoms with van der Waals surface area (Å²) in [4.78, 5) is 22.4. The van der Waals surface area contributed by atoms with Crippen LogP contribution in [-0.2, 0) is 5.60 Å². The number of hydrogen-bond donors (Lipinski definition) is 3. The summed E-state index contributed by atoms with van der Waals surface area (Å²) in [6, 6.07) is 15.3. The maximum Gasteiger partial charge on any atom is 0.251 e. The molecule has 7 nitrogen and oxygen atoms in total. The monoisotopic (exact) mass is 636 g/mol. The van der Waals surface area contributed by atoms with Gasteiger partial charge in [-0.05, 0) is 56.5 Å². The fourth-order valence-corrected chi connectivity index (χ4v) is 5.06. The molecule has 0 saturated heterocycles. The first kappa shape index (κ1) is 32.0. The summed E-state index contributed by atoms with van der Waals surface area (Å²) in [6.45, 7) is 2.74. The molecule has 1 aromatic heterocycles. The van der Waals surface area contributed by atoms with Gasteiger partial charge in [0.1, 0.15) is 23.1 Å². The number of hydrogen-bond acceptors (Lipinski definition) is 6. The summed E-state index contributed by atoms with van der Waals surface area (Å²) in [5.74, 6) is -3.89. The Labute approximate surface area is 263 Å². The minimum atomic E-state index is -1.71. The number of amides is 1. The van der Waals surface area contributed by atoms with Crippen molar-refractivity contribution in [2.45, 2.75) is 44.2 Å². The minimum absolute atomic E-state index is 0.0168. The Morgan fingerprint density at radius 3 is 2.51 bits per heavy atom. The minimum Gasteiger partial charge on any atom is -0.495 e. The normalized spacial score (nSPS) is 14.0. The smallest absolute Gasteiger partial charge is 0.251 e. The van der Waals surface area contributed by atoms with E-state index in [1.807, 2.05) is 6.07 Å². The van der Waals surface area contributed by atoms with Crippen LogP contribution in [0.2, 0.25) is 5.02 Å². The number of pyridine rings is 1. The highest BCUT2D eigenvalue weighted by atomic mass is 35.5. The van der Waals surface area contributed by atoms with E-state index >= 15 is 4.39 Å². The number of aromatic nitrogens is 1. The molecule has 1 fully saturated rings. The summed E-state index contributed by atoms with van der Waals surface area (Å²) in [5, 5.41) is 13.4. The zero-order valence-electron chi connectivity index (χ0n) is 24.9. The lowest BCUT2D eigenvalue weighted by molar-refractivity contribution is 0.0743. The van der Waals surface area contributed by atoms with Gasteiger partial charge >= 0.3 is 0 Å². The van der Waals surface area contributed by atoms with Crippen molar-refractivity contribution in [3.05, 3.63) is 111 Å². The average Bonchev–Trinajstić information content (AvgIpc) is 3.84.